The van der Waals surface area contributed by atoms with Gasteiger partial charge >= 0.3 is 0 Å². The minimum atomic E-state index is 0.367. The van der Waals surface area contributed by atoms with Crippen molar-refractivity contribution in [1.82, 2.24) is 9.97 Å². The Morgan fingerprint density at radius 2 is 2.15 bits per heavy atom. The van der Waals surface area contributed by atoms with Gasteiger partial charge in [0.2, 0.25) is 5.95 Å². The van der Waals surface area contributed by atoms with E-state index in [-0.39, 0.29) is 0 Å². The van der Waals surface area contributed by atoms with Crippen molar-refractivity contribution in [2.45, 2.75) is 25.4 Å². The van der Waals surface area contributed by atoms with Gasteiger partial charge in [0.25, 0.3) is 0 Å². The predicted octanol–water partition coefficient (Wildman–Crippen LogP) is 3.50. The highest BCUT2D eigenvalue weighted by Gasteiger charge is 2.31. The molecule has 1 aliphatic rings. The van der Waals surface area contributed by atoms with E-state index in [9.17, 15) is 0 Å². The molecule has 6 heteroatoms. The Kier molecular flexibility index (Phi) is 2.85. The van der Waals surface area contributed by atoms with Crippen molar-refractivity contribution < 1.29 is 0 Å². The SMILES string of the molecule is Nc1nc(N(Cc2ccsc2)C2CC2)c2ccsc2n1. The zero-order chi connectivity index (χ0) is 13.5. The number of nitrogen functional groups attached to an aromatic ring is 1. The Balaban J connectivity index is 1.79. The van der Waals surface area contributed by atoms with Crippen LogP contribution in [0.5, 0.6) is 0 Å². The van der Waals surface area contributed by atoms with Gasteiger partial charge in [0.15, 0.2) is 0 Å². The fraction of sp³-hybridized carbons (Fsp3) is 0.286. The molecule has 1 saturated carbocycles. The lowest BCUT2D eigenvalue weighted by atomic mass is 10.2. The molecule has 0 spiro atoms. The molecule has 2 N–H and O–H groups in total. The number of rotatable bonds is 4. The van der Waals surface area contributed by atoms with Gasteiger partial charge in [0, 0.05) is 12.6 Å². The van der Waals surface area contributed by atoms with Crippen LogP contribution >= 0.6 is 22.7 Å². The molecule has 102 valence electrons. The standard InChI is InChI=1S/C14H14N4S2/c15-14-16-12(11-4-6-20-13(11)17-14)18(10-1-2-10)7-9-3-5-19-8-9/h3-6,8,10H,1-2,7H2,(H2,15,16,17). The monoisotopic (exact) mass is 302 g/mol. The average molecular weight is 302 g/mol. The lowest BCUT2D eigenvalue weighted by Gasteiger charge is -2.24. The van der Waals surface area contributed by atoms with Crippen LogP contribution in [0.1, 0.15) is 18.4 Å². The van der Waals surface area contributed by atoms with Crippen LogP contribution < -0.4 is 10.6 Å². The van der Waals surface area contributed by atoms with Gasteiger partial charge in [-0.1, -0.05) is 0 Å². The summed E-state index contributed by atoms with van der Waals surface area (Å²) in [5, 5.41) is 7.49. The van der Waals surface area contributed by atoms with Gasteiger partial charge in [-0.05, 0) is 46.7 Å². The molecule has 1 aliphatic carbocycles. The van der Waals surface area contributed by atoms with Gasteiger partial charge in [-0.3, -0.25) is 0 Å². The Labute approximate surface area is 124 Å². The topological polar surface area (TPSA) is 55.0 Å². The highest BCUT2D eigenvalue weighted by atomic mass is 32.1. The highest BCUT2D eigenvalue weighted by Crippen LogP contribution is 2.37. The largest absolute Gasteiger partial charge is 0.368 e. The molecule has 0 atom stereocenters. The summed E-state index contributed by atoms with van der Waals surface area (Å²) < 4.78 is 0. The molecule has 0 amide bonds. The zero-order valence-electron chi connectivity index (χ0n) is 10.8. The number of fused-ring (bicyclic) bond motifs is 1. The average Bonchev–Trinajstić information content (AvgIpc) is 2.96. The maximum Gasteiger partial charge on any atom is 0.223 e. The van der Waals surface area contributed by atoms with Crippen molar-refractivity contribution in [1.29, 1.82) is 0 Å². The van der Waals surface area contributed by atoms with Gasteiger partial charge in [-0.25, -0.2) is 4.98 Å². The Bertz CT molecular complexity index is 731. The van der Waals surface area contributed by atoms with Crippen LogP contribution in [-0.2, 0) is 6.54 Å². The third kappa shape index (κ3) is 2.14. The van der Waals surface area contributed by atoms with Crippen molar-refractivity contribution in [3.8, 4) is 0 Å². The first-order valence-electron chi connectivity index (χ1n) is 6.60. The molecule has 0 unspecified atom stereocenters. The van der Waals surface area contributed by atoms with Gasteiger partial charge in [0.1, 0.15) is 10.6 Å². The normalized spacial score (nSPS) is 14.8. The summed E-state index contributed by atoms with van der Waals surface area (Å²) in [5.74, 6) is 1.35. The second-order valence-electron chi connectivity index (χ2n) is 5.04. The van der Waals surface area contributed by atoms with Crippen LogP contribution in [0.4, 0.5) is 11.8 Å². The van der Waals surface area contributed by atoms with Gasteiger partial charge in [0.05, 0.1) is 5.39 Å². The van der Waals surface area contributed by atoms with Crippen LogP contribution in [0.2, 0.25) is 0 Å². The summed E-state index contributed by atoms with van der Waals surface area (Å²) in [4.78, 5) is 12.2. The van der Waals surface area contributed by atoms with Crippen LogP contribution in [0.3, 0.4) is 0 Å². The smallest absolute Gasteiger partial charge is 0.223 e. The van der Waals surface area contributed by atoms with Crippen LogP contribution in [0, 0.1) is 0 Å². The molecule has 0 bridgehead atoms. The zero-order valence-corrected chi connectivity index (χ0v) is 12.5. The number of anilines is 2. The van der Waals surface area contributed by atoms with Crippen LogP contribution in [0.25, 0.3) is 10.2 Å². The third-order valence-corrected chi connectivity index (χ3v) is 5.05. The first-order chi connectivity index (χ1) is 9.81. The van der Waals surface area contributed by atoms with E-state index in [2.05, 4.69) is 43.1 Å². The molecule has 4 rings (SSSR count). The van der Waals surface area contributed by atoms with Crippen LogP contribution in [-0.4, -0.2) is 16.0 Å². The molecule has 3 heterocycles. The van der Waals surface area contributed by atoms with E-state index in [1.165, 1.54) is 18.4 Å². The van der Waals surface area contributed by atoms with Crippen molar-refractivity contribution in [2.75, 3.05) is 10.6 Å². The minimum absolute atomic E-state index is 0.367. The minimum Gasteiger partial charge on any atom is -0.368 e. The highest BCUT2D eigenvalue weighted by molar-refractivity contribution is 7.16. The number of hydrogen-bond donors (Lipinski definition) is 1. The quantitative estimate of drug-likeness (QED) is 0.801. The van der Waals surface area contributed by atoms with E-state index in [1.54, 1.807) is 22.7 Å². The maximum atomic E-state index is 5.88. The van der Waals surface area contributed by atoms with E-state index in [0.29, 0.717) is 12.0 Å². The molecule has 20 heavy (non-hydrogen) atoms. The molecule has 3 aromatic rings. The van der Waals surface area contributed by atoms with Gasteiger partial charge < -0.3 is 10.6 Å². The van der Waals surface area contributed by atoms with Crippen molar-refractivity contribution in [2.24, 2.45) is 0 Å². The predicted molar refractivity (Wildman–Crippen MR) is 85.4 cm³/mol. The lowest BCUT2D eigenvalue weighted by Crippen LogP contribution is -2.26. The molecule has 0 aliphatic heterocycles. The Morgan fingerprint density at radius 1 is 1.25 bits per heavy atom. The fourth-order valence-corrected chi connectivity index (χ4v) is 3.84. The molecular weight excluding hydrogens is 288 g/mol. The first-order valence-corrected chi connectivity index (χ1v) is 8.42. The number of nitrogens with zero attached hydrogens (tertiary/aromatic N) is 3. The van der Waals surface area contributed by atoms with E-state index in [0.717, 1.165) is 22.6 Å². The van der Waals surface area contributed by atoms with E-state index in [1.807, 2.05) is 0 Å². The summed E-state index contributed by atoms with van der Waals surface area (Å²) in [7, 11) is 0. The van der Waals surface area contributed by atoms with Crippen molar-refractivity contribution in [3.05, 3.63) is 33.8 Å². The molecule has 0 saturated heterocycles. The summed E-state index contributed by atoms with van der Waals surface area (Å²) in [6, 6.07) is 4.86. The molecule has 4 nitrogen and oxygen atoms in total. The number of nitrogens with two attached hydrogens (primary N) is 1. The molecule has 3 aromatic heterocycles. The maximum absolute atomic E-state index is 5.88. The number of hydrogen-bond acceptors (Lipinski definition) is 6. The molecule has 1 fully saturated rings. The number of thiophene rings is 2. The Hall–Kier alpha value is -1.66. The van der Waals surface area contributed by atoms with Crippen molar-refractivity contribution in [3.63, 3.8) is 0 Å². The van der Waals surface area contributed by atoms with Gasteiger partial charge in [-0.2, -0.15) is 16.3 Å². The van der Waals surface area contributed by atoms with E-state index >= 15 is 0 Å². The fourth-order valence-electron chi connectivity index (χ4n) is 2.42. The summed E-state index contributed by atoms with van der Waals surface area (Å²) in [6.07, 6.45) is 2.47. The second-order valence-corrected chi connectivity index (χ2v) is 6.71. The van der Waals surface area contributed by atoms with Gasteiger partial charge in [-0.15, -0.1) is 11.3 Å². The number of aromatic nitrogens is 2. The summed E-state index contributed by atoms with van der Waals surface area (Å²) in [6.45, 7) is 0.898. The summed E-state index contributed by atoms with van der Waals surface area (Å²) >= 11 is 3.35. The van der Waals surface area contributed by atoms with Crippen molar-refractivity contribution >= 4 is 44.7 Å². The summed E-state index contributed by atoms with van der Waals surface area (Å²) in [5.41, 5.74) is 7.21. The van der Waals surface area contributed by atoms with E-state index in [4.69, 9.17) is 5.73 Å². The molecule has 0 radical (unpaired) electrons. The molecular formula is C14H14N4S2. The third-order valence-electron chi connectivity index (χ3n) is 3.51. The first kappa shape index (κ1) is 12.1. The second kappa shape index (κ2) is 4.71. The Morgan fingerprint density at radius 3 is 2.90 bits per heavy atom. The lowest BCUT2D eigenvalue weighted by molar-refractivity contribution is 0.784. The van der Waals surface area contributed by atoms with E-state index < -0.39 is 0 Å². The molecule has 0 aromatic carbocycles. The van der Waals surface area contributed by atoms with Crippen LogP contribution in [0.15, 0.2) is 28.3 Å².